The van der Waals surface area contributed by atoms with Crippen molar-refractivity contribution in [2.75, 3.05) is 0 Å². The zero-order valence-electron chi connectivity index (χ0n) is 14.0. The number of hydrogen-bond acceptors (Lipinski definition) is 3. The quantitative estimate of drug-likeness (QED) is 0.773. The lowest BCUT2D eigenvalue weighted by molar-refractivity contribution is 0.0917. The summed E-state index contributed by atoms with van der Waals surface area (Å²) < 4.78 is 1.77. The highest BCUT2D eigenvalue weighted by Crippen LogP contribution is 2.34. The van der Waals surface area contributed by atoms with E-state index in [1.165, 1.54) is 0 Å². The van der Waals surface area contributed by atoms with Crippen LogP contribution in [0.25, 0.3) is 10.9 Å². The second kappa shape index (κ2) is 6.35. The molecule has 1 amide bonds. The van der Waals surface area contributed by atoms with Crippen molar-refractivity contribution in [1.29, 1.82) is 0 Å². The highest BCUT2D eigenvalue weighted by molar-refractivity contribution is 5.93. The minimum Gasteiger partial charge on any atom is -0.505 e. The summed E-state index contributed by atoms with van der Waals surface area (Å²) in [5.41, 5.74) is 1.81. The zero-order valence-corrected chi connectivity index (χ0v) is 14.0. The van der Waals surface area contributed by atoms with Gasteiger partial charge < -0.3 is 15.0 Å². The Labute approximate surface area is 141 Å². The predicted molar refractivity (Wildman–Crippen MR) is 93.9 cm³/mol. The van der Waals surface area contributed by atoms with Crippen molar-refractivity contribution in [3.63, 3.8) is 0 Å². The number of pyridine rings is 1. The van der Waals surface area contributed by atoms with Crippen LogP contribution in [0.15, 0.2) is 48.8 Å². The Morgan fingerprint density at radius 3 is 2.67 bits per heavy atom. The van der Waals surface area contributed by atoms with Crippen LogP contribution >= 0.6 is 0 Å². The number of nitrogens with zero attached hydrogens (tertiary/aromatic N) is 2. The van der Waals surface area contributed by atoms with Crippen LogP contribution in [0.4, 0.5) is 0 Å². The number of phenolic OH excluding ortho intramolecular Hbond substituents is 1. The Kier molecular flexibility index (Phi) is 4.25. The van der Waals surface area contributed by atoms with Crippen molar-refractivity contribution < 1.29 is 9.90 Å². The number of nitrogens with one attached hydrogen (secondary N) is 1. The molecule has 0 radical (unpaired) electrons. The van der Waals surface area contributed by atoms with Gasteiger partial charge in [-0.05, 0) is 24.1 Å². The van der Waals surface area contributed by atoms with Crippen LogP contribution in [0.5, 0.6) is 5.75 Å². The van der Waals surface area contributed by atoms with E-state index in [9.17, 15) is 9.90 Å². The third kappa shape index (κ3) is 2.85. The smallest absolute Gasteiger partial charge is 0.268 e. The summed E-state index contributed by atoms with van der Waals surface area (Å²) in [5, 5.41) is 14.6. The van der Waals surface area contributed by atoms with E-state index in [0.29, 0.717) is 16.8 Å². The van der Waals surface area contributed by atoms with Crippen LogP contribution in [0.2, 0.25) is 0 Å². The van der Waals surface area contributed by atoms with E-state index in [4.69, 9.17) is 0 Å². The molecule has 1 unspecified atom stereocenters. The summed E-state index contributed by atoms with van der Waals surface area (Å²) in [7, 11) is 1.83. The lowest BCUT2D eigenvalue weighted by Gasteiger charge is -2.24. The maximum Gasteiger partial charge on any atom is 0.268 e. The van der Waals surface area contributed by atoms with E-state index in [1.807, 2.05) is 57.4 Å². The molecular formula is C19H21N3O2. The number of hydrogen-bond donors (Lipinski definition) is 2. The topological polar surface area (TPSA) is 67.2 Å². The summed E-state index contributed by atoms with van der Waals surface area (Å²) in [6, 6.07) is 10.8. The van der Waals surface area contributed by atoms with Gasteiger partial charge in [0.25, 0.3) is 5.91 Å². The number of rotatable bonds is 4. The molecule has 5 heteroatoms. The van der Waals surface area contributed by atoms with Crippen molar-refractivity contribution in [1.82, 2.24) is 14.9 Å². The molecule has 2 N–H and O–H groups in total. The number of amides is 1. The van der Waals surface area contributed by atoms with E-state index in [1.54, 1.807) is 16.8 Å². The fraction of sp³-hybridized carbons (Fsp3) is 0.263. The Morgan fingerprint density at radius 1 is 1.21 bits per heavy atom. The van der Waals surface area contributed by atoms with Crippen LogP contribution < -0.4 is 5.32 Å². The zero-order chi connectivity index (χ0) is 17.3. The standard InChI is InChI=1S/C19H21N3O2/c1-12(2)16(21-19(24)15-7-5-11-22(15)3)14-9-8-13-6-4-10-20-17(13)18(14)23/h4-12,16,23H,1-3H3,(H,21,24). The third-order valence-corrected chi connectivity index (χ3v) is 4.24. The van der Waals surface area contributed by atoms with Gasteiger partial charge >= 0.3 is 0 Å². The van der Waals surface area contributed by atoms with E-state index in [2.05, 4.69) is 10.3 Å². The molecule has 5 nitrogen and oxygen atoms in total. The first-order chi connectivity index (χ1) is 11.5. The molecule has 1 aromatic carbocycles. The molecule has 3 aromatic rings. The lowest BCUT2D eigenvalue weighted by atomic mass is 9.94. The molecule has 0 aliphatic rings. The van der Waals surface area contributed by atoms with E-state index < -0.39 is 0 Å². The monoisotopic (exact) mass is 323 g/mol. The first-order valence-electron chi connectivity index (χ1n) is 7.98. The predicted octanol–water partition coefficient (Wildman–Crippen LogP) is 3.41. The van der Waals surface area contributed by atoms with Gasteiger partial charge in [0.1, 0.15) is 17.0 Å². The number of aromatic nitrogens is 2. The van der Waals surface area contributed by atoms with Crippen LogP contribution in [0, 0.1) is 5.92 Å². The molecule has 0 fully saturated rings. The van der Waals surface area contributed by atoms with Gasteiger partial charge in [-0.2, -0.15) is 0 Å². The molecule has 0 aliphatic carbocycles. The van der Waals surface area contributed by atoms with E-state index in [0.717, 1.165) is 5.39 Å². The lowest BCUT2D eigenvalue weighted by Crippen LogP contribution is -2.32. The van der Waals surface area contributed by atoms with Gasteiger partial charge in [-0.25, -0.2) is 0 Å². The number of phenols is 1. The summed E-state index contributed by atoms with van der Waals surface area (Å²) >= 11 is 0. The van der Waals surface area contributed by atoms with Gasteiger partial charge in [-0.15, -0.1) is 0 Å². The summed E-state index contributed by atoms with van der Waals surface area (Å²) in [6.45, 7) is 4.02. The minimum absolute atomic E-state index is 0.112. The average molecular weight is 323 g/mol. The number of aryl methyl sites for hydroxylation is 1. The van der Waals surface area contributed by atoms with Gasteiger partial charge in [0.2, 0.25) is 0 Å². The first-order valence-corrected chi connectivity index (χ1v) is 7.98. The molecule has 124 valence electrons. The van der Waals surface area contributed by atoms with Gasteiger partial charge in [-0.3, -0.25) is 9.78 Å². The minimum atomic E-state index is -0.307. The number of carbonyl (C=O) groups is 1. The molecule has 0 saturated carbocycles. The van der Waals surface area contributed by atoms with Crippen molar-refractivity contribution >= 4 is 16.8 Å². The van der Waals surface area contributed by atoms with Crippen molar-refractivity contribution in [2.24, 2.45) is 13.0 Å². The molecule has 2 aromatic heterocycles. The fourth-order valence-electron chi connectivity index (χ4n) is 2.91. The van der Waals surface area contributed by atoms with Crippen LogP contribution in [0.1, 0.15) is 35.9 Å². The number of benzene rings is 1. The number of aromatic hydroxyl groups is 1. The molecule has 1 atom stereocenters. The number of fused-ring (bicyclic) bond motifs is 1. The van der Waals surface area contributed by atoms with Crippen molar-refractivity contribution in [2.45, 2.75) is 19.9 Å². The largest absolute Gasteiger partial charge is 0.505 e. The SMILES string of the molecule is CC(C)C(NC(=O)c1cccn1C)c1ccc2cccnc2c1O. The summed E-state index contributed by atoms with van der Waals surface area (Å²) in [6.07, 6.45) is 3.48. The molecule has 0 bridgehead atoms. The van der Waals surface area contributed by atoms with Gasteiger partial charge in [-0.1, -0.05) is 32.0 Å². The van der Waals surface area contributed by atoms with Crippen molar-refractivity contribution in [3.05, 3.63) is 60.0 Å². The highest BCUT2D eigenvalue weighted by atomic mass is 16.3. The average Bonchev–Trinajstić information content (AvgIpc) is 2.99. The van der Waals surface area contributed by atoms with Gasteiger partial charge in [0.15, 0.2) is 0 Å². The fourth-order valence-corrected chi connectivity index (χ4v) is 2.91. The normalized spacial score (nSPS) is 12.5. The Balaban J connectivity index is 1.98. The maximum absolute atomic E-state index is 12.6. The van der Waals surface area contributed by atoms with E-state index in [-0.39, 0.29) is 23.6 Å². The van der Waals surface area contributed by atoms with Crippen LogP contribution in [0.3, 0.4) is 0 Å². The van der Waals surface area contributed by atoms with Gasteiger partial charge in [0, 0.05) is 30.4 Å². The molecular weight excluding hydrogens is 302 g/mol. The Hall–Kier alpha value is -2.82. The molecule has 24 heavy (non-hydrogen) atoms. The third-order valence-electron chi connectivity index (χ3n) is 4.24. The maximum atomic E-state index is 12.6. The molecule has 3 rings (SSSR count). The molecule has 0 aliphatic heterocycles. The van der Waals surface area contributed by atoms with Crippen molar-refractivity contribution in [3.8, 4) is 5.75 Å². The van der Waals surface area contributed by atoms with E-state index >= 15 is 0 Å². The summed E-state index contributed by atoms with van der Waals surface area (Å²) in [4.78, 5) is 16.8. The molecule has 0 spiro atoms. The molecule has 0 saturated heterocycles. The van der Waals surface area contributed by atoms with Crippen LogP contribution in [-0.4, -0.2) is 20.6 Å². The Bertz CT molecular complexity index is 883. The first kappa shape index (κ1) is 16.1. The second-order valence-electron chi connectivity index (χ2n) is 6.28. The summed E-state index contributed by atoms with van der Waals surface area (Å²) in [5.74, 6) is 0.0713. The highest BCUT2D eigenvalue weighted by Gasteiger charge is 2.24. The second-order valence-corrected chi connectivity index (χ2v) is 6.28. The van der Waals surface area contributed by atoms with Crippen LogP contribution in [-0.2, 0) is 7.05 Å². The Morgan fingerprint density at radius 2 is 2.00 bits per heavy atom. The molecule has 2 heterocycles. The number of carbonyl (C=O) groups excluding carboxylic acids is 1. The van der Waals surface area contributed by atoms with Gasteiger partial charge in [0.05, 0.1) is 6.04 Å².